The second-order valence-corrected chi connectivity index (χ2v) is 8.66. The molecule has 21 heavy (non-hydrogen) atoms. The second-order valence-electron chi connectivity index (χ2n) is 8.66. The van der Waals surface area contributed by atoms with Crippen LogP contribution in [0.4, 0.5) is 0 Å². The third-order valence-electron chi connectivity index (χ3n) is 7.99. The number of allylic oxidation sites excluding steroid dienone is 2. The van der Waals surface area contributed by atoms with Gasteiger partial charge in [-0.15, -0.1) is 0 Å². The number of ketones is 1. The van der Waals surface area contributed by atoms with E-state index in [1.807, 2.05) is 6.08 Å². The molecule has 1 N–H and O–H groups in total. The highest BCUT2D eigenvalue weighted by Gasteiger charge is 2.59. The van der Waals surface area contributed by atoms with Gasteiger partial charge in [-0.2, -0.15) is 0 Å². The molecule has 2 nitrogen and oxygen atoms in total. The predicted molar refractivity (Wildman–Crippen MR) is 82.6 cm³/mol. The molecule has 4 aliphatic carbocycles. The minimum Gasteiger partial charge on any atom is -0.393 e. The van der Waals surface area contributed by atoms with Crippen molar-refractivity contribution in [3.63, 3.8) is 0 Å². The highest BCUT2D eigenvalue weighted by molar-refractivity contribution is 5.91. The molecule has 4 rings (SSSR count). The van der Waals surface area contributed by atoms with Crippen LogP contribution in [-0.4, -0.2) is 17.0 Å². The van der Waals surface area contributed by atoms with E-state index in [2.05, 4.69) is 19.9 Å². The Kier molecular flexibility index (Phi) is 2.96. The van der Waals surface area contributed by atoms with Crippen LogP contribution >= 0.6 is 0 Å². The molecular weight excluding hydrogens is 260 g/mol. The number of hydrogen-bond acceptors (Lipinski definition) is 2. The second kappa shape index (κ2) is 4.44. The lowest BCUT2D eigenvalue weighted by molar-refractivity contribution is -0.123. The minimum absolute atomic E-state index is 0.0857. The van der Waals surface area contributed by atoms with Gasteiger partial charge < -0.3 is 5.11 Å². The molecule has 3 saturated carbocycles. The highest BCUT2D eigenvalue weighted by atomic mass is 16.3. The summed E-state index contributed by atoms with van der Waals surface area (Å²) in [7, 11) is 0. The summed E-state index contributed by atoms with van der Waals surface area (Å²) in [5.74, 6) is 3.08. The summed E-state index contributed by atoms with van der Waals surface area (Å²) in [5, 5.41) is 10.4. The molecule has 0 aromatic carbocycles. The molecule has 6 unspecified atom stereocenters. The average molecular weight is 288 g/mol. The molecule has 0 aromatic heterocycles. The lowest BCUT2D eigenvalue weighted by Crippen LogP contribution is -2.52. The molecule has 4 aliphatic rings. The first-order chi connectivity index (χ1) is 9.95. The van der Waals surface area contributed by atoms with Crippen molar-refractivity contribution < 1.29 is 9.90 Å². The molecule has 7 atom stereocenters. The Labute approximate surface area is 128 Å². The minimum atomic E-state index is -0.0857. The quantitative estimate of drug-likeness (QED) is 0.737. The SMILES string of the molecule is CC12CCC3C(CC[C@H]4CC(=O)C=CC34C)C1CCC2O. The maximum Gasteiger partial charge on any atom is 0.155 e. The van der Waals surface area contributed by atoms with Crippen molar-refractivity contribution >= 4 is 5.78 Å². The molecule has 0 saturated heterocycles. The summed E-state index contributed by atoms with van der Waals surface area (Å²) >= 11 is 0. The molecule has 2 heteroatoms. The average Bonchev–Trinajstić information content (AvgIpc) is 2.76. The smallest absolute Gasteiger partial charge is 0.155 e. The van der Waals surface area contributed by atoms with Crippen LogP contribution in [0.15, 0.2) is 12.2 Å². The van der Waals surface area contributed by atoms with Crippen molar-refractivity contribution in [1.82, 2.24) is 0 Å². The summed E-state index contributed by atoms with van der Waals surface area (Å²) < 4.78 is 0. The van der Waals surface area contributed by atoms with Gasteiger partial charge in [0, 0.05) is 6.42 Å². The first kappa shape index (κ1) is 14.0. The zero-order valence-electron chi connectivity index (χ0n) is 13.3. The fourth-order valence-corrected chi connectivity index (χ4v) is 6.61. The van der Waals surface area contributed by atoms with Crippen LogP contribution < -0.4 is 0 Å². The summed E-state index contributed by atoms with van der Waals surface area (Å²) in [6, 6.07) is 0. The Morgan fingerprint density at radius 2 is 1.90 bits per heavy atom. The Hall–Kier alpha value is -0.630. The van der Waals surface area contributed by atoms with Gasteiger partial charge in [-0.1, -0.05) is 19.9 Å². The van der Waals surface area contributed by atoms with Crippen LogP contribution in [0.5, 0.6) is 0 Å². The van der Waals surface area contributed by atoms with E-state index < -0.39 is 0 Å². The standard InChI is InChI=1S/C19H28O2/c1-18-9-7-13(20)11-12(18)3-4-14-15-5-6-17(21)19(15,2)10-8-16(14)18/h7,9,12,14-17,21H,3-6,8,10-11H2,1-2H3/t12-,14?,15?,16?,17?,18?,19?/m0/s1. The summed E-state index contributed by atoms with van der Waals surface area (Å²) in [6.45, 7) is 4.74. The van der Waals surface area contributed by atoms with Crippen molar-refractivity contribution in [3.05, 3.63) is 12.2 Å². The van der Waals surface area contributed by atoms with E-state index in [1.54, 1.807) is 0 Å². The zero-order chi connectivity index (χ0) is 14.8. The fraction of sp³-hybridized carbons (Fsp3) is 0.842. The van der Waals surface area contributed by atoms with Crippen LogP contribution in [-0.2, 0) is 4.79 Å². The molecule has 0 bridgehead atoms. The van der Waals surface area contributed by atoms with Crippen molar-refractivity contribution in [1.29, 1.82) is 0 Å². The van der Waals surface area contributed by atoms with E-state index >= 15 is 0 Å². The van der Waals surface area contributed by atoms with Crippen LogP contribution in [0.25, 0.3) is 0 Å². The van der Waals surface area contributed by atoms with Gasteiger partial charge in [0.25, 0.3) is 0 Å². The monoisotopic (exact) mass is 288 g/mol. The summed E-state index contributed by atoms with van der Waals surface area (Å²) in [5.41, 5.74) is 0.393. The largest absolute Gasteiger partial charge is 0.393 e. The number of hydrogen-bond donors (Lipinski definition) is 1. The lowest BCUT2D eigenvalue weighted by Gasteiger charge is -2.58. The molecule has 0 heterocycles. The third-order valence-corrected chi connectivity index (χ3v) is 7.99. The van der Waals surface area contributed by atoms with E-state index in [-0.39, 0.29) is 16.9 Å². The molecular formula is C19H28O2. The number of carbonyl (C=O) groups excluding carboxylic acids is 1. The van der Waals surface area contributed by atoms with Gasteiger partial charge in [0.1, 0.15) is 0 Å². The van der Waals surface area contributed by atoms with E-state index in [4.69, 9.17) is 0 Å². The lowest BCUT2D eigenvalue weighted by atomic mass is 9.46. The van der Waals surface area contributed by atoms with Crippen LogP contribution in [0.1, 0.15) is 58.8 Å². The van der Waals surface area contributed by atoms with Gasteiger partial charge in [-0.3, -0.25) is 4.79 Å². The van der Waals surface area contributed by atoms with Gasteiger partial charge in [-0.25, -0.2) is 0 Å². The van der Waals surface area contributed by atoms with Gasteiger partial charge in [-0.05, 0) is 79.1 Å². The number of aliphatic hydroxyl groups excluding tert-OH is 1. The van der Waals surface area contributed by atoms with Crippen LogP contribution in [0, 0.1) is 34.5 Å². The molecule has 0 radical (unpaired) electrons. The van der Waals surface area contributed by atoms with Crippen molar-refractivity contribution in [2.45, 2.75) is 64.9 Å². The summed E-state index contributed by atoms with van der Waals surface area (Å²) in [6.07, 6.45) is 11.9. The molecule has 3 fully saturated rings. The summed E-state index contributed by atoms with van der Waals surface area (Å²) in [4.78, 5) is 11.8. The number of fused-ring (bicyclic) bond motifs is 5. The van der Waals surface area contributed by atoms with Crippen LogP contribution in [0.3, 0.4) is 0 Å². The van der Waals surface area contributed by atoms with Gasteiger partial charge in [0.05, 0.1) is 6.10 Å². The maximum atomic E-state index is 11.8. The van der Waals surface area contributed by atoms with Crippen molar-refractivity contribution in [2.75, 3.05) is 0 Å². The van der Waals surface area contributed by atoms with E-state index in [0.717, 1.165) is 24.7 Å². The Morgan fingerprint density at radius 1 is 1.10 bits per heavy atom. The maximum absolute atomic E-state index is 11.8. The molecule has 0 aromatic rings. The number of aliphatic hydroxyl groups is 1. The zero-order valence-corrected chi connectivity index (χ0v) is 13.3. The Morgan fingerprint density at radius 3 is 2.71 bits per heavy atom. The third kappa shape index (κ3) is 1.78. The molecule has 0 amide bonds. The van der Waals surface area contributed by atoms with E-state index in [1.165, 1.54) is 32.1 Å². The van der Waals surface area contributed by atoms with Gasteiger partial charge in [0.15, 0.2) is 5.78 Å². The Bertz CT molecular complexity index is 496. The van der Waals surface area contributed by atoms with Gasteiger partial charge >= 0.3 is 0 Å². The molecule has 116 valence electrons. The fourth-order valence-electron chi connectivity index (χ4n) is 6.61. The van der Waals surface area contributed by atoms with Crippen LogP contribution in [0.2, 0.25) is 0 Å². The van der Waals surface area contributed by atoms with E-state index in [0.29, 0.717) is 17.6 Å². The van der Waals surface area contributed by atoms with Crippen molar-refractivity contribution in [2.24, 2.45) is 34.5 Å². The first-order valence-corrected chi connectivity index (χ1v) is 8.85. The topological polar surface area (TPSA) is 37.3 Å². The van der Waals surface area contributed by atoms with E-state index in [9.17, 15) is 9.90 Å². The first-order valence-electron chi connectivity index (χ1n) is 8.85. The number of carbonyl (C=O) groups is 1. The predicted octanol–water partition coefficient (Wildman–Crippen LogP) is 3.74. The normalized spacial score (nSPS) is 55.8. The Balaban J connectivity index is 1.68. The van der Waals surface area contributed by atoms with Gasteiger partial charge in [0.2, 0.25) is 0 Å². The highest BCUT2D eigenvalue weighted by Crippen LogP contribution is 2.64. The molecule has 0 spiro atoms. The van der Waals surface area contributed by atoms with Crippen molar-refractivity contribution in [3.8, 4) is 0 Å². The molecule has 0 aliphatic heterocycles. The number of rotatable bonds is 0.